The number of hydrogen-bond donors (Lipinski definition) is 2. The molecule has 1 aliphatic rings. The van der Waals surface area contributed by atoms with Gasteiger partial charge >= 0.3 is 0 Å². The van der Waals surface area contributed by atoms with Gasteiger partial charge < -0.3 is 15.4 Å². The highest BCUT2D eigenvalue weighted by Gasteiger charge is 2.35. The number of likely N-dealkylation sites (N-methyl/N-ethyl adjacent to an activating group) is 1. The van der Waals surface area contributed by atoms with Gasteiger partial charge in [-0.05, 0) is 7.05 Å². The van der Waals surface area contributed by atoms with E-state index in [9.17, 15) is 26.7 Å². The SMILES string of the molecule is CNC1COCC1C(=O)Nc1c(F)c(F)c(F)c(F)c1F. The van der Waals surface area contributed by atoms with E-state index < -0.39 is 52.6 Å². The van der Waals surface area contributed by atoms with Crippen LogP contribution in [0.4, 0.5) is 27.6 Å². The van der Waals surface area contributed by atoms with Crippen LogP contribution < -0.4 is 10.6 Å². The Kier molecular flexibility index (Phi) is 4.43. The van der Waals surface area contributed by atoms with Crippen molar-refractivity contribution in [3.05, 3.63) is 29.1 Å². The Hall–Kier alpha value is -1.74. The molecule has 1 heterocycles. The van der Waals surface area contributed by atoms with Gasteiger partial charge in [-0.3, -0.25) is 4.79 Å². The summed E-state index contributed by atoms with van der Waals surface area (Å²) in [5.74, 6) is -12.4. The Balaban J connectivity index is 2.30. The van der Waals surface area contributed by atoms with Crippen LogP contribution in [0.5, 0.6) is 0 Å². The lowest BCUT2D eigenvalue weighted by molar-refractivity contribution is -0.120. The normalized spacial score (nSPS) is 21.6. The second kappa shape index (κ2) is 5.94. The topological polar surface area (TPSA) is 50.4 Å². The van der Waals surface area contributed by atoms with E-state index in [4.69, 9.17) is 4.74 Å². The molecule has 2 N–H and O–H groups in total. The molecule has 2 unspecified atom stereocenters. The second-order valence-electron chi connectivity index (χ2n) is 4.47. The van der Waals surface area contributed by atoms with Crippen LogP contribution in [-0.2, 0) is 9.53 Å². The first-order chi connectivity index (χ1) is 9.88. The third kappa shape index (κ3) is 2.70. The Bertz CT molecular complexity index is 552. The van der Waals surface area contributed by atoms with Crippen molar-refractivity contribution in [2.45, 2.75) is 6.04 Å². The maximum Gasteiger partial charge on any atom is 0.231 e. The van der Waals surface area contributed by atoms with E-state index in [0.717, 1.165) is 0 Å². The zero-order valence-electron chi connectivity index (χ0n) is 10.8. The molecule has 1 aromatic carbocycles. The van der Waals surface area contributed by atoms with Crippen molar-refractivity contribution in [3.63, 3.8) is 0 Å². The number of rotatable bonds is 3. The van der Waals surface area contributed by atoms with Crippen LogP contribution in [0.15, 0.2) is 0 Å². The van der Waals surface area contributed by atoms with Crippen molar-refractivity contribution < 1.29 is 31.5 Å². The first-order valence-corrected chi connectivity index (χ1v) is 5.95. The quantitative estimate of drug-likeness (QED) is 0.506. The summed E-state index contributed by atoms with van der Waals surface area (Å²) in [6, 6.07) is -0.411. The van der Waals surface area contributed by atoms with E-state index >= 15 is 0 Å². The molecule has 0 radical (unpaired) electrons. The molecule has 2 atom stereocenters. The molecule has 0 aliphatic carbocycles. The molecule has 2 rings (SSSR count). The number of carbonyl (C=O) groups is 1. The Morgan fingerprint density at radius 2 is 1.52 bits per heavy atom. The van der Waals surface area contributed by atoms with Crippen molar-refractivity contribution in [3.8, 4) is 0 Å². The molecule has 0 bridgehead atoms. The fourth-order valence-corrected chi connectivity index (χ4v) is 2.03. The summed E-state index contributed by atoms with van der Waals surface area (Å²) in [6.45, 7) is 0.179. The summed E-state index contributed by atoms with van der Waals surface area (Å²) >= 11 is 0. The first-order valence-electron chi connectivity index (χ1n) is 5.95. The predicted octanol–water partition coefficient (Wildman–Crippen LogP) is 1.55. The number of amides is 1. The van der Waals surface area contributed by atoms with Gasteiger partial charge in [0.25, 0.3) is 0 Å². The van der Waals surface area contributed by atoms with Gasteiger partial charge in [0.15, 0.2) is 23.3 Å². The molecule has 4 nitrogen and oxygen atoms in total. The number of hydrogen-bond acceptors (Lipinski definition) is 3. The summed E-state index contributed by atoms with van der Waals surface area (Å²) < 4.78 is 70.9. The molecule has 1 aliphatic heterocycles. The van der Waals surface area contributed by atoms with Crippen molar-refractivity contribution in [2.75, 3.05) is 25.6 Å². The number of halogens is 5. The van der Waals surface area contributed by atoms with E-state index in [0.29, 0.717) is 0 Å². The molecule has 21 heavy (non-hydrogen) atoms. The fraction of sp³-hybridized carbons (Fsp3) is 0.417. The first kappa shape index (κ1) is 15.6. The Morgan fingerprint density at radius 3 is 2.05 bits per heavy atom. The fourth-order valence-electron chi connectivity index (χ4n) is 2.03. The van der Waals surface area contributed by atoms with E-state index in [1.54, 1.807) is 12.4 Å². The zero-order valence-corrected chi connectivity index (χ0v) is 10.8. The molecule has 0 spiro atoms. The monoisotopic (exact) mass is 310 g/mol. The third-order valence-electron chi connectivity index (χ3n) is 3.25. The van der Waals surface area contributed by atoms with Gasteiger partial charge in [-0.1, -0.05) is 0 Å². The van der Waals surface area contributed by atoms with Crippen LogP contribution in [-0.4, -0.2) is 32.2 Å². The minimum absolute atomic E-state index is 0.0211. The molecule has 9 heteroatoms. The predicted molar refractivity (Wildman–Crippen MR) is 62.0 cm³/mol. The molecule has 116 valence electrons. The summed E-state index contributed by atoms with van der Waals surface area (Å²) in [7, 11) is 1.55. The highest BCUT2D eigenvalue weighted by atomic mass is 19.2. The summed E-state index contributed by atoms with van der Waals surface area (Å²) in [4.78, 5) is 11.9. The smallest absolute Gasteiger partial charge is 0.231 e. The van der Waals surface area contributed by atoms with Crippen molar-refractivity contribution in [1.29, 1.82) is 0 Å². The third-order valence-corrected chi connectivity index (χ3v) is 3.25. The lowest BCUT2D eigenvalue weighted by Gasteiger charge is -2.17. The Labute approximate surface area is 116 Å². The molecule has 0 aromatic heterocycles. The zero-order chi connectivity index (χ0) is 15.7. The minimum Gasteiger partial charge on any atom is -0.379 e. The molecular weight excluding hydrogens is 299 g/mol. The summed E-state index contributed by atoms with van der Waals surface area (Å²) in [6.07, 6.45) is 0. The number of benzene rings is 1. The number of carbonyl (C=O) groups excluding carboxylic acids is 1. The second-order valence-corrected chi connectivity index (χ2v) is 4.47. The average molecular weight is 310 g/mol. The molecule has 1 aromatic rings. The largest absolute Gasteiger partial charge is 0.379 e. The van der Waals surface area contributed by atoms with Crippen molar-refractivity contribution in [2.24, 2.45) is 5.92 Å². The van der Waals surface area contributed by atoms with Gasteiger partial charge in [0.05, 0.1) is 19.1 Å². The van der Waals surface area contributed by atoms with Crippen LogP contribution in [0.25, 0.3) is 0 Å². The number of ether oxygens (including phenoxy) is 1. The highest BCUT2D eigenvalue weighted by Crippen LogP contribution is 2.28. The van der Waals surface area contributed by atoms with Crippen molar-refractivity contribution >= 4 is 11.6 Å². The lowest BCUT2D eigenvalue weighted by atomic mass is 10.0. The Morgan fingerprint density at radius 1 is 1.00 bits per heavy atom. The van der Waals surface area contributed by atoms with Gasteiger partial charge in [0.1, 0.15) is 5.69 Å². The average Bonchev–Trinajstić information content (AvgIpc) is 2.96. The molecule has 1 saturated heterocycles. The van der Waals surface area contributed by atoms with E-state index in [2.05, 4.69) is 5.32 Å². The minimum atomic E-state index is -2.28. The van der Waals surface area contributed by atoms with Crippen LogP contribution in [0.2, 0.25) is 0 Å². The van der Waals surface area contributed by atoms with Gasteiger partial charge in [0, 0.05) is 6.04 Å². The van der Waals surface area contributed by atoms with E-state index in [-0.39, 0.29) is 13.2 Å². The standard InChI is InChI=1S/C12H11F5N2O2/c1-18-5-3-21-2-4(5)12(20)19-11-9(16)7(14)6(13)8(15)10(11)17/h4-5,18H,2-3H2,1H3,(H,19,20). The number of anilines is 1. The molecular formula is C12H11F5N2O2. The van der Waals surface area contributed by atoms with Gasteiger partial charge in [-0.15, -0.1) is 0 Å². The van der Waals surface area contributed by atoms with Gasteiger partial charge in [-0.2, -0.15) is 0 Å². The highest BCUT2D eigenvalue weighted by molar-refractivity contribution is 5.93. The lowest BCUT2D eigenvalue weighted by Crippen LogP contribution is -2.40. The van der Waals surface area contributed by atoms with Crippen LogP contribution in [0.1, 0.15) is 0 Å². The summed E-state index contributed by atoms with van der Waals surface area (Å²) in [5.41, 5.74) is -1.36. The maximum atomic E-state index is 13.4. The molecule has 0 saturated carbocycles. The van der Waals surface area contributed by atoms with Gasteiger partial charge in [-0.25, -0.2) is 22.0 Å². The van der Waals surface area contributed by atoms with Gasteiger partial charge in [0.2, 0.25) is 11.7 Å². The number of nitrogens with one attached hydrogen (secondary N) is 2. The van der Waals surface area contributed by atoms with Crippen LogP contribution in [0.3, 0.4) is 0 Å². The molecule has 1 fully saturated rings. The molecule has 1 amide bonds. The summed E-state index contributed by atoms with van der Waals surface area (Å²) in [5, 5.41) is 4.50. The van der Waals surface area contributed by atoms with Crippen LogP contribution in [0, 0.1) is 35.0 Å². The van der Waals surface area contributed by atoms with Crippen LogP contribution >= 0.6 is 0 Å². The maximum absolute atomic E-state index is 13.4. The van der Waals surface area contributed by atoms with E-state index in [1.807, 2.05) is 0 Å². The van der Waals surface area contributed by atoms with E-state index in [1.165, 1.54) is 0 Å². The van der Waals surface area contributed by atoms with Crippen molar-refractivity contribution in [1.82, 2.24) is 5.32 Å².